The number of halogens is 2. The van der Waals surface area contributed by atoms with E-state index in [2.05, 4.69) is 17.2 Å². The number of piperidine rings is 1. The average molecular weight is 497 g/mol. The molecular formula is C25H38ClFN4O3. The molecule has 2 amide bonds. The second-order valence-corrected chi connectivity index (χ2v) is 9.61. The maximum absolute atomic E-state index is 14.8. The fraction of sp³-hybridized carbons (Fsp3) is 0.640. The highest BCUT2D eigenvalue weighted by molar-refractivity contribution is 6.30. The van der Waals surface area contributed by atoms with Crippen LogP contribution in [0.4, 0.5) is 9.18 Å². The number of benzene rings is 1. The molecule has 0 aromatic heterocycles. The lowest BCUT2D eigenvalue weighted by molar-refractivity contribution is -0.00859. The molecule has 2 heterocycles. The molecule has 0 radical (unpaired) electrons. The number of carbonyl (C=O) groups is 1. The molecule has 7 nitrogen and oxygen atoms in total. The molecule has 4 atom stereocenters. The molecule has 1 unspecified atom stereocenters. The maximum atomic E-state index is 14.8. The van der Waals surface area contributed by atoms with Crippen LogP contribution in [0, 0.1) is 17.7 Å². The summed E-state index contributed by atoms with van der Waals surface area (Å²) in [5, 5.41) is 6.45. The average Bonchev–Trinajstić information content (AvgIpc) is 2.83. The molecule has 0 spiro atoms. The number of rotatable bonds is 10. The summed E-state index contributed by atoms with van der Waals surface area (Å²) >= 11 is 6.04. The van der Waals surface area contributed by atoms with Gasteiger partial charge in [-0.15, -0.1) is 0 Å². The fourth-order valence-corrected chi connectivity index (χ4v) is 5.12. The molecule has 190 valence electrons. The van der Waals surface area contributed by atoms with Crippen molar-refractivity contribution < 1.29 is 18.7 Å². The Bertz CT molecular complexity index is 827. The van der Waals surface area contributed by atoms with Crippen molar-refractivity contribution in [2.75, 3.05) is 53.0 Å². The van der Waals surface area contributed by atoms with E-state index < -0.39 is 11.9 Å². The molecule has 34 heavy (non-hydrogen) atoms. The van der Waals surface area contributed by atoms with Crippen LogP contribution in [-0.2, 0) is 9.47 Å². The molecule has 2 fully saturated rings. The van der Waals surface area contributed by atoms with E-state index in [1.54, 1.807) is 12.1 Å². The van der Waals surface area contributed by atoms with Crippen molar-refractivity contribution in [2.45, 2.75) is 37.8 Å². The van der Waals surface area contributed by atoms with Gasteiger partial charge in [-0.3, -0.25) is 0 Å². The first-order valence-corrected chi connectivity index (χ1v) is 12.5. The first kappa shape index (κ1) is 26.9. The Balaban J connectivity index is 1.67. The number of ether oxygens (including phenoxy) is 2. The number of nitrogens with one attached hydrogen (secondary N) is 2. The van der Waals surface area contributed by atoms with Gasteiger partial charge in [0.1, 0.15) is 5.82 Å². The van der Waals surface area contributed by atoms with Gasteiger partial charge in [0.15, 0.2) is 0 Å². The van der Waals surface area contributed by atoms with Gasteiger partial charge in [-0.1, -0.05) is 30.3 Å². The number of carbonyl (C=O) groups excluding carboxylic acids is 1. The smallest absolute Gasteiger partial charge is 0.317 e. The van der Waals surface area contributed by atoms with Crippen LogP contribution in [0.2, 0.25) is 5.02 Å². The van der Waals surface area contributed by atoms with Gasteiger partial charge < -0.3 is 30.7 Å². The second-order valence-electron chi connectivity index (χ2n) is 9.21. The predicted octanol–water partition coefficient (Wildman–Crippen LogP) is 3.49. The van der Waals surface area contributed by atoms with Crippen LogP contribution >= 0.6 is 11.6 Å². The zero-order chi connectivity index (χ0) is 24.5. The normalized spacial score (nSPS) is 22.9. The zero-order valence-electron chi connectivity index (χ0n) is 20.0. The summed E-state index contributed by atoms with van der Waals surface area (Å²) < 4.78 is 26.3. The number of hydrogen-bond acceptors (Lipinski definition) is 5. The van der Waals surface area contributed by atoms with Crippen LogP contribution in [0.5, 0.6) is 0 Å². The van der Waals surface area contributed by atoms with Crippen molar-refractivity contribution in [3.63, 3.8) is 0 Å². The van der Waals surface area contributed by atoms with E-state index in [4.69, 9.17) is 26.8 Å². The van der Waals surface area contributed by atoms with Crippen LogP contribution in [0.25, 0.3) is 0 Å². The van der Waals surface area contributed by atoms with Crippen molar-refractivity contribution in [2.24, 2.45) is 17.6 Å². The molecule has 3 rings (SSSR count). The van der Waals surface area contributed by atoms with Crippen molar-refractivity contribution in [1.29, 1.82) is 0 Å². The lowest BCUT2D eigenvalue weighted by Gasteiger charge is -2.38. The second kappa shape index (κ2) is 13.4. The van der Waals surface area contributed by atoms with Crippen LogP contribution in [0.15, 0.2) is 30.4 Å². The SMILES string of the molecule is C=C1COCCC1C[C@H](CNC)NC(=O)N1CCC[C@@H]([C@@H](OCCN)c2cccc(Cl)c2F)C1. The topological polar surface area (TPSA) is 88.8 Å². The first-order valence-electron chi connectivity index (χ1n) is 12.2. The number of nitrogens with two attached hydrogens (primary N) is 1. The third kappa shape index (κ3) is 7.15. The van der Waals surface area contributed by atoms with Crippen LogP contribution in [0.1, 0.15) is 37.4 Å². The van der Waals surface area contributed by atoms with E-state index >= 15 is 0 Å². The van der Waals surface area contributed by atoms with Gasteiger partial charge in [0.2, 0.25) is 0 Å². The summed E-state index contributed by atoms with van der Waals surface area (Å²) in [6.07, 6.45) is 2.87. The van der Waals surface area contributed by atoms with Crippen LogP contribution in [-0.4, -0.2) is 70.0 Å². The molecule has 9 heteroatoms. The Morgan fingerprint density at radius 2 is 2.26 bits per heavy atom. The summed E-state index contributed by atoms with van der Waals surface area (Å²) in [4.78, 5) is 15.0. The summed E-state index contributed by atoms with van der Waals surface area (Å²) in [6, 6.07) is 4.82. The third-order valence-corrected chi connectivity index (χ3v) is 6.99. The molecular weight excluding hydrogens is 459 g/mol. The summed E-state index contributed by atoms with van der Waals surface area (Å²) in [6.45, 7) is 7.89. The van der Waals surface area contributed by atoms with Crippen molar-refractivity contribution in [1.82, 2.24) is 15.5 Å². The number of hydrogen-bond donors (Lipinski definition) is 3. The highest BCUT2D eigenvalue weighted by atomic mass is 35.5. The van der Waals surface area contributed by atoms with E-state index in [1.807, 2.05) is 11.9 Å². The lowest BCUT2D eigenvalue weighted by atomic mass is 9.88. The molecule has 4 N–H and O–H groups in total. The molecule has 1 aromatic carbocycles. The van der Waals surface area contributed by atoms with Gasteiger partial charge in [0.05, 0.1) is 24.3 Å². The lowest BCUT2D eigenvalue weighted by Crippen LogP contribution is -2.52. The Hall–Kier alpha value is -1.71. The van der Waals surface area contributed by atoms with Gasteiger partial charge in [0.25, 0.3) is 0 Å². The monoisotopic (exact) mass is 496 g/mol. The number of likely N-dealkylation sites (tertiary alicyclic amines) is 1. The molecule has 0 saturated carbocycles. The molecule has 2 aliphatic heterocycles. The van der Waals surface area contributed by atoms with Crippen molar-refractivity contribution >= 4 is 17.6 Å². The minimum Gasteiger partial charge on any atom is -0.377 e. The molecule has 0 bridgehead atoms. The Labute approximate surface area is 207 Å². The zero-order valence-corrected chi connectivity index (χ0v) is 20.8. The quantitative estimate of drug-likeness (QED) is 0.431. The largest absolute Gasteiger partial charge is 0.377 e. The van der Waals surface area contributed by atoms with E-state index in [1.165, 1.54) is 6.07 Å². The molecule has 2 aliphatic rings. The predicted molar refractivity (Wildman–Crippen MR) is 132 cm³/mol. The fourth-order valence-electron chi connectivity index (χ4n) is 4.94. The maximum Gasteiger partial charge on any atom is 0.317 e. The number of urea groups is 1. The van der Waals surface area contributed by atoms with E-state index in [0.717, 1.165) is 37.9 Å². The highest BCUT2D eigenvalue weighted by Gasteiger charge is 2.34. The van der Waals surface area contributed by atoms with Crippen LogP contribution in [0.3, 0.4) is 0 Å². The summed E-state index contributed by atoms with van der Waals surface area (Å²) in [5.41, 5.74) is 7.16. The standard InChI is InChI=1S/C25H38ClFN4O3/c1-17-16-33-11-8-18(17)13-20(14-29-2)30-25(32)31-10-4-5-19(15-31)24(34-12-9-28)21-6-3-7-22(26)23(21)27/h3,6-7,18-20,24,29H,1,4-5,8-16,28H2,2H3,(H,30,32)/t18?,19-,20-,24-/m1/s1. The molecule has 0 aliphatic carbocycles. The minimum absolute atomic E-state index is 0.0209. The summed E-state index contributed by atoms with van der Waals surface area (Å²) in [7, 11) is 1.88. The molecule has 2 saturated heterocycles. The van der Waals surface area contributed by atoms with Gasteiger partial charge in [-0.2, -0.15) is 0 Å². The Morgan fingerprint density at radius 1 is 1.44 bits per heavy atom. The van der Waals surface area contributed by atoms with Crippen LogP contribution < -0.4 is 16.4 Å². The van der Waals surface area contributed by atoms with E-state index in [0.29, 0.717) is 50.9 Å². The third-order valence-electron chi connectivity index (χ3n) is 6.70. The number of likely N-dealkylation sites (N-methyl/N-ethyl adjacent to an activating group) is 1. The Kier molecular flexibility index (Phi) is 10.6. The van der Waals surface area contributed by atoms with Gasteiger partial charge in [0, 0.05) is 50.3 Å². The van der Waals surface area contributed by atoms with Crippen molar-refractivity contribution in [3.05, 3.63) is 46.8 Å². The number of nitrogens with zero attached hydrogens (tertiary/aromatic N) is 1. The summed E-state index contributed by atoms with van der Waals surface area (Å²) in [5.74, 6) is -0.197. The van der Waals surface area contributed by atoms with Gasteiger partial charge >= 0.3 is 6.03 Å². The minimum atomic E-state index is -0.517. The van der Waals surface area contributed by atoms with E-state index in [-0.39, 0.29) is 23.0 Å². The Morgan fingerprint density at radius 3 is 3.00 bits per heavy atom. The highest BCUT2D eigenvalue weighted by Crippen LogP contribution is 2.36. The first-order chi connectivity index (χ1) is 16.4. The van der Waals surface area contributed by atoms with E-state index in [9.17, 15) is 9.18 Å². The van der Waals surface area contributed by atoms with Gasteiger partial charge in [-0.25, -0.2) is 9.18 Å². The molecule has 1 aromatic rings. The van der Waals surface area contributed by atoms with Gasteiger partial charge in [-0.05, 0) is 50.3 Å². The van der Waals surface area contributed by atoms with Crippen molar-refractivity contribution in [3.8, 4) is 0 Å². The number of amides is 2.